The maximum atomic E-state index is 5.25. The Labute approximate surface area is 112 Å². The van der Waals surface area contributed by atoms with E-state index in [9.17, 15) is 0 Å². The summed E-state index contributed by atoms with van der Waals surface area (Å²) in [5.41, 5.74) is 2.78. The van der Waals surface area contributed by atoms with Gasteiger partial charge in [-0.1, -0.05) is 45.0 Å². The molecule has 0 aliphatic carbocycles. The zero-order valence-electron chi connectivity index (χ0n) is 12.2. The molecule has 0 aromatic heterocycles. The summed E-state index contributed by atoms with van der Waals surface area (Å²) in [6, 6.07) is 9.83. The Morgan fingerprint density at radius 3 is 2.17 bits per heavy atom. The van der Waals surface area contributed by atoms with Crippen LogP contribution < -0.4 is 5.32 Å². The monoisotopic (exact) mass is 249 g/mol. The van der Waals surface area contributed by atoms with E-state index in [1.165, 1.54) is 11.1 Å². The first-order chi connectivity index (χ1) is 8.74. The molecular formula is C16H27NO. The highest BCUT2D eigenvalue weighted by atomic mass is 16.5. The van der Waals surface area contributed by atoms with Gasteiger partial charge in [0.05, 0.1) is 6.61 Å². The number of hydrogen-bond donors (Lipinski definition) is 1. The van der Waals surface area contributed by atoms with Crippen LogP contribution in [0.1, 0.15) is 50.8 Å². The van der Waals surface area contributed by atoms with Crippen LogP contribution in [0.4, 0.5) is 0 Å². The molecule has 1 aromatic carbocycles. The van der Waals surface area contributed by atoms with Crippen LogP contribution in [0.25, 0.3) is 0 Å². The average molecular weight is 249 g/mol. The normalized spacial score (nSPS) is 14.4. The Kier molecular flexibility index (Phi) is 6.99. The third-order valence-corrected chi connectivity index (χ3v) is 3.50. The van der Waals surface area contributed by atoms with Crippen molar-refractivity contribution in [3.63, 3.8) is 0 Å². The molecule has 0 radical (unpaired) electrons. The van der Waals surface area contributed by atoms with Gasteiger partial charge in [-0.3, -0.25) is 0 Å². The molecule has 2 nitrogen and oxygen atoms in total. The molecule has 0 bridgehead atoms. The van der Waals surface area contributed by atoms with Gasteiger partial charge in [-0.25, -0.2) is 0 Å². The van der Waals surface area contributed by atoms with E-state index in [0.717, 1.165) is 25.9 Å². The van der Waals surface area contributed by atoms with Gasteiger partial charge in [0.15, 0.2) is 0 Å². The Bertz CT molecular complexity index is 320. The molecule has 0 fully saturated rings. The number of methoxy groups -OCH3 is 1. The van der Waals surface area contributed by atoms with Crippen LogP contribution >= 0.6 is 0 Å². The van der Waals surface area contributed by atoms with Gasteiger partial charge in [0.1, 0.15) is 0 Å². The molecule has 0 aliphatic heterocycles. The van der Waals surface area contributed by atoms with Gasteiger partial charge in [-0.05, 0) is 30.4 Å². The van der Waals surface area contributed by atoms with Crippen LogP contribution in [0, 0.1) is 0 Å². The smallest absolute Gasteiger partial charge is 0.0615 e. The quantitative estimate of drug-likeness (QED) is 0.758. The highest BCUT2D eigenvalue weighted by molar-refractivity contribution is 5.25. The second-order valence-corrected chi connectivity index (χ2v) is 4.78. The predicted molar refractivity (Wildman–Crippen MR) is 77.9 cm³/mol. The summed E-state index contributed by atoms with van der Waals surface area (Å²) in [6.45, 7) is 7.39. The van der Waals surface area contributed by atoms with Crippen molar-refractivity contribution < 1.29 is 4.74 Å². The molecule has 0 heterocycles. The molecule has 0 aliphatic rings. The van der Waals surface area contributed by atoms with Crippen LogP contribution in [0.2, 0.25) is 0 Å². The van der Waals surface area contributed by atoms with Gasteiger partial charge in [0, 0.05) is 19.2 Å². The van der Waals surface area contributed by atoms with E-state index in [2.05, 4.69) is 50.4 Å². The standard InChI is InChI=1S/C16H27NO/c1-5-13-8-10-14(11-9-13)16(7-3)17-15(6-2)12-18-4/h8-11,15-17H,5-7,12H2,1-4H3. The van der Waals surface area contributed by atoms with Crippen molar-refractivity contribution in [3.05, 3.63) is 35.4 Å². The first-order valence-electron chi connectivity index (χ1n) is 7.08. The molecule has 1 aromatic rings. The van der Waals surface area contributed by atoms with E-state index in [1.54, 1.807) is 7.11 Å². The Morgan fingerprint density at radius 2 is 1.72 bits per heavy atom. The minimum Gasteiger partial charge on any atom is -0.383 e. The van der Waals surface area contributed by atoms with Gasteiger partial charge < -0.3 is 10.1 Å². The number of aryl methyl sites for hydroxylation is 1. The molecule has 18 heavy (non-hydrogen) atoms. The summed E-state index contributed by atoms with van der Waals surface area (Å²) >= 11 is 0. The van der Waals surface area contributed by atoms with Gasteiger partial charge in [-0.15, -0.1) is 0 Å². The van der Waals surface area contributed by atoms with Crippen LogP contribution in [0.3, 0.4) is 0 Å². The SMILES string of the molecule is CCc1ccc(C(CC)NC(CC)COC)cc1. The number of ether oxygens (including phenoxy) is 1. The molecule has 102 valence electrons. The summed E-state index contributed by atoms with van der Waals surface area (Å²) in [5, 5.41) is 3.68. The van der Waals surface area contributed by atoms with E-state index in [0.29, 0.717) is 12.1 Å². The summed E-state index contributed by atoms with van der Waals surface area (Å²) in [5.74, 6) is 0. The molecule has 0 spiro atoms. The first-order valence-corrected chi connectivity index (χ1v) is 7.08. The maximum Gasteiger partial charge on any atom is 0.0615 e. The molecule has 1 N–H and O–H groups in total. The van der Waals surface area contributed by atoms with E-state index in [-0.39, 0.29) is 0 Å². The molecule has 2 unspecified atom stereocenters. The number of rotatable bonds is 8. The largest absolute Gasteiger partial charge is 0.383 e. The Morgan fingerprint density at radius 1 is 1.06 bits per heavy atom. The number of nitrogens with one attached hydrogen (secondary N) is 1. The zero-order valence-corrected chi connectivity index (χ0v) is 12.2. The van der Waals surface area contributed by atoms with Crippen molar-refractivity contribution in [2.24, 2.45) is 0 Å². The molecular weight excluding hydrogens is 222 g/mol. The highest BCUT2D eigenvalue weighted by Crippen LogP contribution is 2.18. The second kappa shape index (κ2) is 8.28. The summed E-state index contributed by atoms with van der Waals surface area (Å²) < 4.78 is 5.25. The van der Waals surface area contributed by atoms with Crippen LogP contribution in [0.15, 0.2) is 24.3 Å². The van der Waals surface area contributed by atoms with Crippen LogP contribution in [0.5, 0.6) is 0 Å². The van der Waals surface area contributed by atoms with Crippen molar-refractivity contribution in [1.29, 1.82) is 0 Å². The van der Waals surface area contributed by atoms with Crippen molar-refractivity contribution in [3.8, 4) is 0 Å². The lowest BCUT2D eigenvalue weighted by Crippen LogP contribution is -2.35. The number of benzene rings is 1. The summed E-state index contributed by atoms with van der Waals surface area (Å²) in [7, 11) is 1.77. The van der Waals surface area contributed by atoms with Crippen molar-refractivity contribution in [2.75, 3.05) is 13.7 Å². The fraction of sp³-hybridized carbons (Fsp3) is 0.625. The minimum atomic E-state index is 0.427. The fourth-order valence-corrected chi connectivity index (χ4v) is 2.20. The van der Waals surface area contributed by atoms with Crippen molar-refractivity contribution in [2.45, 2.75) is 52.1 Å². The lowest BCUT2D eigenvalue weighted by molar-refractivity contribution is 0.158. The fourth-order valence-electron chi connectivity index (χ4n) is 2.20. The van der Waals surface area contributed by atoms with Gasteiger partial charge in [0.2, 0.25) is 0 Å². The van der Waals surface area contributed by atoms with Crippen LogP contribution in [-0.2, 0) is 11.2 Å². The molecule has 0 saturated heterocycles. The summed E-state index contributed by atoms with van der Waals surface area (Å²) in [4.78, 5) is 0. The van der Waals surface area contributed by atoms with E-state index in [1.807, 2.05) is 0 Å². The first kappa shape index (κ1) is 15.2. The van der Waals surface area contributed by atoms with Gasteiger partial charge in [-0.2, -0.15) is 0 Å². The lowest BCUT2D eigenvalue weighted by Gasteiger charge is -2.24. The van der Waals surface area contributed by atoms with Gasteiger partial charge >= 0.3 is 0 Å². The third-order valence-electron chi connectivity index (χ3n) is 3.50. The molecule has 0 saturated carbocycles. The topological polar surface area (TPSA) is 21.3 Å². The van der Waals surface area contributed by atoms with Crippen LogP contribution in [-0.4, -0.2) is 19.8 Å². The summed E-state index contributed by atoms with van der Waals surface area (Å²) in [6.07, 6.45) is 3.30. The van der Waals surface area contributed by atoms with E-state index in [4.69, 9.17) is 4.74 Å². The number of hydrogen-bond acceptors (Lipinski definition) is 2. The molecule has 0 amide bonds. The Balaban J connectivity index is 2.68. The van der Waals surface area contributed by atoms with Gasteiger partial charge in [0.25, 0.3) is 0 Å². The predicted octanol–water partition coefficient (Wildman–Crippen LogP) is 3.71. The van der Waals surface area contributed by atoms with Crippen molar-refractivity contribution in [1.82, 2.24) is 5.32 Å². The minimum absolute atomic E-state index is 0.427. The lowest BCUT2D eigenvalue weighted by atomic mass is 10.0. The highest BCUT2D eigenvalue weighted by Gasteiger charge is 2.14. The van der Waals surface area contributed by atoms with Crippen molar-refractivity contribution >= 4 is 0 Å². The Hall–Kier alpha value is -0.860. The second-order valence-electron chi connectivity index (χ2n) is 4.78. The molecule has 2 atom stereocenters. The van der Waals surface area contributed by atoms with E-state index >= 15 is 0 Å². The molecule has 1 rings (SSSR count). The molecule has 2 heteroatoms. The average Bonchev–Trinajstić information content (AvgIpc) is 2.43. The van der Waals surface area contributed by atoms with E-state index < -0.39 is 0 Å². The maximum absolute atomic E-state index is 5.25. The zero-order chi connectivity index (χ0) is 13.4. The third kappa shape index (κ3) is 4.43.